The minimum atomic E-state index is -0.602. The fourth-order valence-electron chi connectivity index (χ4n) is 4.82. The van der Waals surface area contributed by atoms with Crippen molar-refractivity contribution < 1.29 is 28.2 Å². The van der Waals surface area contributed by atoms with Crippen LogP contribution in [0.1, 0.15) is 61.7 Å². The zero-order chi connectivity index (χ0) is 25.1. The first-order valence-electron chi connectivity index (χ1n) is 12.4. The molecule has 1 fully saturated rings. The van der Waals surface area contributed by atoms with E-state index < -0.39 is 12.1 Å². The van der Waals surface area contributed by atoms with Crippen LogP contribution in [0, 0.1) is 6.92 Å². The van der Waals surface area contributed by atoms with Gasteiger partial charge in [0, 0.05) is 37.8 Å². The summed E-state index contributed by atoms with van der Waals surface area (Å²) in [6.07, 6.45) is 3.65. The van der Waals surface area contributed by atoms with Gasteiger partial charge in [0.2, 0.25) is 5.76 Å². The van der Waals surface area contributed by atoms with Crippen molar-refractivity contribution in [2.75, 3.05) is 38.3 Å². The number of fused-ring (bicyclic) bond motifs is 1. The molecule has 9 heteroatoms. The number of aryl methyl sites for hydroxylation is 1. The predicted molar refractivity (Wildman–Crippen MR) is 133 cm³/mol. The van der Waals surface area contributed by atoms with Gasteiger partial charge in [-0.1, -0.05) is 6.92 Å². The molecular weight excluding hydrogens is 450 g/mol. The van der Waals surface area contributed by atoms with E-state index in [0.717, 1.165) is 23.1 Å². The standard InChI is InChI=1S/C26H35N3O6/c1-6-20-13-19(9-10-34-20)29(26(31)33-8-3)22-21-12-17(18-14-27-28(5)15-18)11-16(4)23(21)35-24(22)25(30)32-7-2/h11-12,15,19-20,27H,6-10,13-14H2,1-5H3/t19-,20-/m0/s1. The molecule has 1 saturated heterocycles. The van der Waals surface area contributed by atoms with Gasteiger partial charge in [0.25, 0.3) is 0 Å². The zero-order valence-corrected chi connectivity index (χ0v) is 21.2. The second kappa shape index (κ2) is 10.7. The maximum atomic E-state index is 13.4. The van der Waals surface area contributed by atoms with Crippen LogP contribution in [0.5, 0.6) is 0 Å². The largest absolute Gasteiger partial charge is 0.460 e. The quantitative estimate of drug-likeness (QED) is 0.568. The molecule has 1 aromatic heterocycles. The summed E-state index contributed by atoms with van der Waals surface area (Å²) in [7, 11) is 1.94. The molecule has 0 unspecified atom stereocenters. The van der Waals surface area contributed by atoms with Gasteiger partial charge >= 0.3 is 12.1 Å². The van der Waals surface area contributed by atoms with Crippen LogP contribution in [-0.4, -0.2) is 62.6 Å². The van der Waals surface area contributed by atoms with Crippen molar-refractivity contribution in [2.45, 2.75) is 59.1 Å². The van der Waals surface area contributed by atoms with Crippen molar-refractivity contribution in [1.82, 2.24) is 10.4 Å². The number of nitrogens with one attached hydrogen (secondary N) is 1. The summed E-state index contributed by atoms with van der Waals surface area (Å²) in [4.78, 5) is 28.1. The minimum Gasteiger partial charge on any atom is -0.460 e. The average Bonchev–Trinajstić information content (AvgIpc) is 3.44. The summed E-state index contributed by atoms with van der Waals surface area (Å²) < 4.78 is 22.8. The lowest BCUT2D eigenvalue weighted by Gasteiger charge is -2.36. The number of furan rings is 1. The molecule has 35 heavy (non-hydrogen) atoms. The zero-order valence-electron chi connectivity index (χ0n) is 21.2. The number of hydrogen-bond acceptors (Lipinski definition) is 8. The Bertz CT molecular complexity index is 1120. The highest BCUT2D eigenvalue weighted by Gasteiger charge is 2.38. The van der Waals surface area contributed by atoms with Gasteiger partial charge in [0.15, 0.2) is 0 Å². The van der Waals surface area contributed by atoms with Gasteiger partial charge in [-0.15, -0.1) is 0 Å². The van der Waals surface area contributed by atoms with Crippen LogP contribution < -0.4 is 10.3 Å². The van der Waals surface area contributed by atoms with Crippen LogP contribution in [0.3, 0.4) is 0 Å². The summed E-state index contributed by atoms with van der Waals surface area (Å²) in [5.41, 5.74) is 7.18. The van der Waals surface area contributed by atoms with Crippen molar-refractivity contribution in [2.24, 2.45) is 0 Å². The molecule has 0 saturated carbocycles. The SMILES string of the molecule is CCOC(=O)c1oc2c(C)cc(C3=CN(C)NC3)cc2c1N(C(=O)OCC)[C@H]1CCO[C@@H](CC)C1. The second-order valence-corrected chi connectivity index (χ2v) is 8.92. The molecule has 4 rings (SSSR count). The van der Waals surface area contributed by atoms with Gasteiger partial charge in [-0.05, 0) is 68.9 Å². The number of hydrogen-bond donors (Lipinski definition) is 1. The number of esters is 1. The lowest BCUT2D eigenvalue weighted by molar-refractivity contribution is 0.00465. The molecule has 3 heterocycles. The van der Waals surface area contributed by atoms with Crippen LogP contribution >= 0.6 is 0 Å². The average molecular weight is 486 g/mol. The van der Waals surface area contributed by atoms with Crippen molar-refractivity contribution in [1.29, 1.82) is 0 Å². The van der Waals surface area contributed by atoms with E-state index in [0.29, 0.717) is 42.6 Å². The molecular formula is C26H35N3O6. The number of benzene rings is 1. The highest BCUT2D eigenvalue weighted by Crippen LogP contribution is 2.41. The Morgan fingerprint density at radius 3 is 2.63 bits per heavy atom. The number of anilines is 1. The van der Waals surface area contributed by atoms with E-state index in [2.05, 4.69) is 12.3 Å². The van der Waals surface area contributed by atoms with E-state index in [4.69, 9.17) is 18.6 Å². The van der Waals surface area contributed by atoms with Gasteiger partial charge in [0.05, 0.1) is 19.3 Å². The van der Waals surface area contributed by atoms with Crippen molar-refractivity contribution in [3.05, 3.63) is 35.2 Å². The molecule has 190 valence electrons. The number of carbonyl (C=O) groups is 2. The number of hydrazine groups is 1. The van der Waals surface area contributed by atoms with Crippen LogP contribution in [0.2, 0.25) is 0 Å². The lowest BCUT2D eigenvalue weighted by atomic mass is 9.97. The fraction of sp³-hybridized carbons (Fsp3) is 0.538. The Labute approximate surface area is 205 Å². The van der Waals surface area contributed by atoms with Gasteiger partial charge in [0.1, 0.15) is 11.3 Å². The van der Waals surface area contributed by atoms with Gasteiger partial charge < -0.3 is 23.6 Å². The minimum absolute atomic E-state index is 0.0188. The molecule has 1 amide bonds. The van der Waals surface area contributed by atoms with Crippen LogP contribution in [0.4, 0.5) is 10.5 Å². The van der Waals surface area contributed by atoms with E-state index in [1.165, 1.54) is 0 Å². The Kier molecular flexibility index (Phi) is 7.66. The molecule has 1 aromatic carbocycles. The van der Waals surface area contributed by atoms with Gasteiger partial charge in [-0.2, -0.15) is 0 Å². The van der Waals surface area contributed by atoms with E-state index in [-0.39, 0.29) is 31.1 Å². The van der Waals surface area contributed by atoms with E-state index >= 15 is 0 Å². The first-order valence-corrected chi connectivity index (χ1v) is 12.4. The third kappa shape index (κ3) is 5.01. The number of rotatable bonds is 7. The number of amides is 1. The number of carbonyl (C=O) groups excluding carboxylic acids is 2. The molecule has 9 nitrogen and oxygen atoms in total. The molecule has 2 aliphatic heterocycles. The lowest BCUT2D eigenvalue weighted by Crippen LogP contribution is -2.46. The third-order valence-electron chi connectivity index (χ3n) is 6.51. The topological polar surface area (TPSA) is 93.5 Å². The van der Waals surface area contributed by atoms with Crippen LogP contribution in [0.25, 0.3) is 16.5 Å². The highest BCUT2D eigenvalue weighted by atomic mass is 16.6. The molecule has 0 spiro atoms. The van der Waals surface area contributed by atoms with Crippen molar-refractivity contribution in [3.8, 4) is 0 Å². The summed E-state index contributed by atoms with van der Waals surface area (Å²) in [6.45, 7) is 9.14. The van der Waals surface area contributed by atoms with Crippen LogP contribution in [-0.2, 0) is 14.2 Å². The fourth-order valence-corrected chi connectivity index (χ4v) is 4.82. The molecule has 0 radical (unpaired) electrons. The maximum absolute atomic E-state index is 13.4. The molecule has 0 bridgehead atoms. The predicted octanol–water partition coefficient (Wildman–Crippen LogP) is 4.63. The number of nitrogens with zero attached hydrogens (tertiary/aromatic N) is 2. The second-order valence-electron chi connectivity index (χ2n) is 8.92. The summed E-state index contributed by atoms with van der Waals surface area (Å²) in [6, 6.07) is 3.82. The summed E-state index contributed by atoms with van der Waals surface area (Å²) in [5.74, 6) is -0.583. The first kappa shape index (κ1) is 25.1. The van der Waals surface area contributed by atoms with Crippen LogP contribution in [0.15, 0.2) is 22.7 Å². The third-order valence-corrected chi connectivity index (χ3v) is 6.51. The van der Waals surface area contributed by atoms with Crippen molar-refractivity contribution in [3.63, 3.8) is 0 Å². The normalized spacial score (nSPS) is 20.1. The highest BCUT2D eigenvalue weighted by molar-refractivity contribution is 6.10. The molecule has 2 aromatic rings. The maximum Gasteiger partial charge on any atom is 0.414 e. The van der Waals surface area contributed by atoms with Crippen molar-refractivity contribution >= 4 is 34.3 Å². The Balaban J connectivity index is 1.93. The molecule has 2 atom stereocenters. The molecule has 2 aliphatic rings. The Morgan fingerprint density at radius 2 is 1.97 bits per heavy atom. The van der Waals surface area contributed by atoms with Gasteiger partial charge in [-0.25, -0.2) is 15.0 Å². The molecule has 1 N–H and O–H groups in total. The monoisotopic (exact) mass is 485 g/mol. The number of ether oxygens (including phenoxy) is 3. The first-order chi connectivity index (χ1) is 16.9. The van der Waals surface area contributed by atoms with E-state index in [1.807, 2.05) is 37.3 Å². The van der Waals surface area contributed by atoms with E-state index in [9.17, 15) is 9.59 Å². The molecule has 0 aliphatic carbocycles. The van der Waals surface area contributed by atoms with Gasteiger partial charge in [-0.3, -0.25) is 4.90 Å². The Morgan fingerprint density at radius 1 is 1.20 bits per heavy atom. The Hall–Kier alpha value is -3.04. The smallest absolute Gasteiger partial charge is 0.414 e. The summed E-state index contributed by atoms with van der Waals surface area (Å²) in [5, 5.41) is 2.60. The summed E-state index contributed by atoms with van der Waals surface area (Å²) >= 11 is 0. The van der Waals surface area contributed by atoms with E-state index in [1.54, 1.807) is 18.7 Å².